The Morgan fingerprint density at radius 3 is 2.41 bits per heavy atom. The second kappa shape index (κ2) is 4.96. The van der Waals surface area contributed by atoms with Gasteiger partial charge in [0, 0.05) is 0 Å². The number of hydrogen-bond acceptors (Lipinski definition) is 2. The first-order valence-corrected chi connectivity index (χ1v) is 4.98. The molecule has 8 heteroatoms. The van der Waals surface area contributed by atoms with E-state index >= 15 is 0 Å². The fraction of sp³-hybridized carbons (Fsp3) is 0.333. The lowest BCUT2D eigenvalue weighted by Gasteiger charge is -2.15. The molecule has 0 spiro atoms. The zero-order valence-corrected chi connectivity index (χ0v) is 9.61. The summed E-state index contributed by atoms with van der Waals surface area (Å²) in [6.45, 7) is 0. The van der Waals surface area contributed by atoms with Gasteiger partial charge < -0.3 is 0 Å². The molecular formula is C9H4BrF5N2. The van der Waals surface area contributed by atoms with Crippen molar-refractivity contribution in [3.63, 3.8) is 0 Å². The average Bonchev–Trinajstić information content (AvgIpc) is 2.14. The molecule has 0 aliphatic carbocycles. The van der Waals surface area contributed by atoms with E-state index in [0.29, 0.717) is 0 Å². The molecule has 17 heavy (non-hydrogen) atoms. The van der Waals surface area contributed by atoms with Crippen LogP contribution in [0.3, 0.4) is 0 Å². The van der Waals surface area contributed by atoms with E-state index in [4.69, 9.17) is 5.26 Å². The van der Waals surface area contributed by atoms with Gasteiger partial charge in [-0.1, -0.05) is 0 Å². The Morgan fingerprint density at radius 2 is 2.00 bits per heavy atom. The fourth-order valence-corrected chi connectivity index (χ4v) is 1.76. The van der Waals surface area contributed by atoms with Crippen molar-refractivity contribution in [1.29, 1.82) is 5.26 Å². The minimum Gasteiger partial charge on any atom is -0.239 e. The molecule has 0 atom stereocenters. The monoisotopic (exact) mass is 314 g/mol. The van der Waals surface area contributed by atoms with Gasteiger partial charge in [0.1, 0.15) is 10.3 Å². The SMILES string of the molecule is N#CCc1cc(Br)nc(C(F)F)c1C(F)(F)F. The molecule has 0 saturated carbocycles. The van der Waals surface area contributed by atoms with Crippen LogP contribution in [0.4, 0.5) is 22.0 Å². The lowest BCUT2D eigenvalue weighted by atomic mass is 10.0. The van der Waals surface area contributed by atoms with E-state index in [1.54, 1.807) is 0 Å². The van der Waals surface area contributed by atoms with E-state index in [1.807, 2.05) is 0 Å². The van der Waals surface area contributed by atoms with Crippen LogP contribution in [0.5, 0.6) is 0 Å². The highest BCUT2D eigenvalue weighted by Crippen LogP contribution is 2.38. The van der Waals surface area contributed by atoms with Crippen LogP contribution in [0.2, 0.25) is 0 Å². The largest absolute Gasteiger partial charge is 0.418 e. The molecule has 0 unspecified atom stereocenters. The average molecular weight is 315 g/mol. The van der Waals surface area contributed by atoms with Crippen molar-refractivity contribution in [2.45, 2.75) is 19.0 Å². The lowest BCUT2D eigenvalue weighted by Crippen LogP contribution is -2.15. The van der Waals surface area contributed by atoms with Gasteiger partial charge in [0.05, 0.1) is 18.1 Å². The van der Waals surface area contributed by atoms with Crippen molar-refractivity contribution in [1.82, 2.24) is 4.98 Å². The summed E-state index contributed by atoms with van der Waals surface area (Å²) in [5, 5.41) is 8.39. The minimum absolute atomic E-state index is 0.161. The normalized spacial score (nSPS) is 11.6. The van der Waals surface area contributed by atoms with Crippen molar-refractivity contribution in [2.24, 2.45) is 0 Å². The van der Waals surface area contributed by atoms with Gasteiger partial charge in [0.15, 0.2) is 0 Å². The van der Waals surface area contributed by atoms with Gasteiger partial charge in [-0.15, -0.1) is 0 Å². The highest BCUT2D eigenvalue weighted by Gasteiger charge is 2.39. The van der Waals surface area contributed by atoms with Crippen LogP contribution in [-0.4, -0.2) is 4.98 Å². The Kier molecular flexibility index (Phi) is 4.03. The maximum Gasteiger partial charge on any atom is 0.418 e. The first-order valence-electron chi connectivity index (χ1n) is 4.19. The molecule has 0 fully saturated rings. The van der Waals surface area contributed by atoms with Gasteiger partial charge in [-0.3, -0.25) is 0 Å². The minimum atomic E-state index is -4.97. The number of halogens is 6. The van der Waals surface area contributed by atoms with Gasteiger partial charge in [-0.25, -0.2) is 13.8 Å². The van der Waals surface area contributed by atoms with Crippen LogP contribution >= 0.6 is 15.9 Å². The number of pyridine rings is 1. The quantitative estimate of drug-likeness (QED) is 0.614. The Bertz CT molecular complexity index is 464. The number of nitriles is 1. The fourth-order valence-electron chi connectivity index (χ4n) is 1.29. The summed E-state index contributed by atoms with van der Waals surface area (Å²) >= 11 is 2.73. The predicted octanol–water partition coefficient (Wildman–Crippen LogP) is 3.87. The number of aromatic nitrogens is 1. The van der Waals surface area contributed by atoms with Crippen molar-refractivity contribution in [3.05, 3.63) is 27.5 Å². The molecule has 0 N–H and O–H groups in total. The predicted molar refractivity (Wildman–Crippen MR) is 51.2 cm³/mol. The summed E-state index contributed by atoms with van der Waals surface area (Å²) in [7, 11) is 0. The van der Waals surface area contributed by atoms with Crippen LogP contribution in [0.1, 0.15) is 23.2 Å². The molecule has 1 aromatic heterocycles. The third-order valence-electron chi connectivity index (χ3n) is 1.86. The van der Waals surface area contributed by atoms with Crippen molar-refractivity contribution in [2.75, 3.05) is 0 Å². The number of alkyl halides is 5. The molecule has 1 rings (SSSR count). The maximum atomic E-state index is 12.6. The van der Waals surface area contributed by atoms with Crippen molar-refractivity contribution < 1.29 is 22.0 Å². The second-order valence-electron chi connectivity index (χ2n) is 3.00. The van der Waals surface area contributed by atoms with Gasteiger partial charge in [0.2, 0.25) is 0 Å². The zero-order chi connectivity index (χ0) is 13.2. The molecule has 0 saturated heterocycles. The van der Waals surface area contributed by atoms with Crippen molar-refractivity contribution >= 4 is 15.9 Å². The van der Waals surface area contributed by atoms with E-state index in [1.165, 1.54) is 6.07 Å². The number of hydrogen-bond donors (Lipinski definition) is 0. The highest BCUT2D eigenvalue weighted by molar-refractivity contribution is 9.10. The van der Waals surface area contributed by atoms with Gasteiger partial charge in [0.25, 0.3) is 6.43 Å². The molecule has 0 radical (unpaired) electrons. The summed E-state index contributed by atoms with van der Waals surface area (Å²) in [6, 6.07) is 2.41. The van der Waals surface area contributed by atoms with Crippen LogP contribution in [0.25, 0.3) is 0 Å². The van der Waals surface area contributed by atoms with Crippen molar-refractivity contribution in [3.8, 4) is 6.07 Å². The number of nitrogens with zero attached hydrogens (tertiary/aromatic N) is 2. The molecule has 0 aromatic carbocycles. The summed E-state index contributed by atoms with van der Waals surface area (Å²) in [4.78, 5) is 3.12. The molecule has 92 valence electrons. The van der Waals surface area contributed by atoms with Crippen LogP contribution < -0.4 is 0 Å². The molecule has 0 aliphatic rings. The molecule has 0 aliphatic heterocycles. The summed E-state index contributed by atoms with van der Waals surface area (Å²) in [6.07, 6.45) is -8.94. The maximum absolute atomic E-state index is 12.6. The summed E-state index contributed by atoms with van der Waals surface area (Å²) in [5.74, 6) is 0. The van der Waals surface area contributed by atoms with E-state index in [-0.39, 0.29) is 4.60 Å². The molecule has 2 nitrogen and oxygen atoms in total. The molecule has 1 heterocycles. The molecule has 0 bridgehead atoms. The van der Waals surface area contributed by atoms with Crippen LogP contribution in [-0.2, 0) is 12.6 Å². The third kappa shape index (κ3) is 3.12. The second-order valence-corrected chi connectivity index (χ2v) is 3.81. The molecule has 1 aromatic rings. The standard InChI is InChI=1S/C9H4BrF5N2/c10-5-3-4(1-2-16)6(9(13,14)15)7(17-5)8(11)12/h3,8H,1H2. The first kappa shape index (κ1) is 13.8. The van der Waals surface area contributed by atoms with E-state index in [2.05, 4.69) is 20.9 Å². The van der Waals surface area contributed by atoms with E-state index in [9.17, 15) is 22.0 Å². The first-order chi connectivity index (χ1) is 7.77. The Morgan fingerprint density at radius 1 is 1.41 bits per heavy atom. The van der Waals surface area contributed by atoms with Gasteiger partial charge >= 0.3 is 6.18 Å². The van der Waals surface area contributed by atoms with Crippen LogP contribution in [0.15, 0.2) is 10.7 Å². The lowest BCUT2D eigenvalue weighted by molar-refractivity contribution is -0.140. The highest BCUT2D eigenvalue weighted by atomic mass is 79.9. The topological polar surface area (TPSA) is 36.7 Å². The summed E-state index contributed by atoms with van der Waals surface area (Å²) < 4.78 is 62.7. The molecule has 0 amide bonds. The Hall–Kier alpha value is -1.23. The Balaban J connectivity index is 3.54. The van der Waals surface area contributed by atoms with Gasteiger partial charge in [-0.2, -0.15) is 18.4 Å². The Labute approximate surface area is 101 Å². The smallest absolute Gasteiger partial charge is 0.239 e. The summed E-state index contributed by atoms with van der Waals surface area (Å²) in [5.41, 5.74) is -3.41. The van der Waals surface area contributed by atoms with E-state index < -0.39 is 35.8 Å². The van der Waals surface area contributed by atoms with Gasteiger partial charge in [-0.05, 0) is 27.6 Å². The van der Waals surface area contributed by atoms with E-state index in [0.717, 1.165) is 6.07 Å². The molecular weight excluding hydrogens is 311 g/mol. The van der Waals surface area contributed by atoms with Crippen LogP contribution in [0, 0.1) is 11.3 Å². The zero-order valence-electron chi connectivity index (χ0n) is 8.02. The third-order valence-corrected chi connectivity index (χ3v) is 2.26. The number of rotatable bonds is 2.